The van der Waals surface area contributed by atoms with E-state index in [0.29, 0.717) is 19.1 Å². The number of aryl methyl sites for hydroxylation is 2. The molecule has 2 aromatic rings. The van der Waals surface area contributed by atoms with Gasteiger partial charge in [-0.25, -0.2) is 4.79 Å². The second kappa shape index (κ2) is 9.60. The first-order chi connectivity index (χ1) is 13.6. The molecule has 0 saturated carbocycles. The summed E-state index contributed by atoms with van der Waals surface area (Å²) in [4.78, 5) is 14.7. The number of para-hydroxylation sites is 1. The number of hydrogen-bond donors (Lipinski definition) is 3. The molecule has 0 aromatic heterocycles. The van der Waals surface area contributed by atoms with Crippen molar-refractivity contribution in [2.75, 3.05) is 29.9 Å². The number of hydrogen-bond acceptors (Lipinski definition) is 3. The summed E-state index contributed by atoms with van der Waals surface area (Å²) in [6.07, 6.45) is 2.96. The number of aliphatic hydroxyl groups is 1. The van der Waals surface area contributed by atoms with E-state index in [1.807, 2.05) is 25.1 Å². The van der Waals surface area contributed by atoms with Gasteiger partial charge in [-0.3, -0.25) is 0 Å². The Hall–Kier alpha value is -2.53. The Labute approximate surface area is 167 Å². The summed E-state index contributed by atoms with van der Waals surface area (Å²) in [7, 11) is 0. The molecule has 0 unspecified atom stereocenters. The Morgan fingerprint density at radius 2 is 1.86 bits per heavy atom. The number of carbonyl (C=O) groups excluding carboxylic acids is 1. The number of anilines is 2. The van der Waals surface area contributed by atoms with Gasteiger partial charge in [0.05, 0.1) is 0 Å². The summed E-state index contributed by atoms with van der Waals surface area (Å²) < 4.78 is 0. The van der Waals surface area contributed by atoms with Gasteiger partial charge in [-0.05, 0) is 60.9 Å². The van der Waals surface area contributed by atoms with E-state index in [4.69, 9.17) is 0 Å². The molecule has 1 heterocycles. The summed E-state index contributed by atoms with van der Waals surface area (Å²) in [6, 6.07) is 14.3. The van der Waals surface area contributed by atoms with E-state index in [1.165, 1.54) is 5.69 Å². The summed E-state index contributed by atoms with van der Waals surface area (Å²) in [5, 5.41) is 15.2. The molecule has 1 aliphatic heterocycles. The molecule has 1 saturated heterocycles. The molecule has 3 N–H and O–H groups in total. The SMILES string of the molecule is CCc1cccc(C)c1NC(=O)NCc1ccc(N2CCC(CO)CC2)cc1. The number of amides is 2. The van der Waals surface area contributed by atoms with Crippen LogP contribution in [0.25, 0.3) is 0 Å². The summed E-state index contributed by atoms with van der Waals surface area (Å²) >= 11 is 0. The molecule has 0 spiro atoms. The zero-order chi connectivity index (χ0) is 19.9. The highest BCUT2D eigenvalue weighted by Crippen LogP contribution is 2.23. The summed E-state index contributed by atoms with van der Waals surface area (Å²) in [5.74, 6) is 0.444. The third-order valence-electron chi connectivity index (χ3n) is 5.61. The zero-order valence-corrected chi connectivity index (χ0v) is 16.9. The third kappa shape index (κ3) is 5.04. The van der Waals surface area contributed by atoms with Crippen LogP contribution < -0.4 is 15.5 Å². The topological polar surface area (TPSA) is 64.6 Å². The highest BCUT2D eigenvalue weighted by molar-refractivity contribution is 5.91. The van der Waals surface area contributed by atoms with E-state index in [2.05, 4.69) is 46.7 Å². The normalized spacial score (nSPS) is 14.8. The van der Waals surface area contributed by atoms with Crippen LogP contribution in [-0.4, -0.2) is 30.8 Å². The molecule has 28 heavy (non-hydrogen) atoms. The summed E-state index contributed by atoms with van der Waals surface area (Å²) in [6.45, 7) is 6.86. The molecule has 5 nitrogen and oxygen atoms in total. The van der Waals surface area contributed by atoms with Gasteiger partial charge in [-0.15, -0.1) is 0 Å². The van der Waals surface area contributed by atoms with E-state index < -0.39 is 0 Å². The Morgan fingerprint density at radius 3 is 2.50 bits per heavy atom. The van der Waals surface area contributed by atoms with Crippen LogP contribution in [0.5, 0.6) is 0 Å². The first-order valence-electron chi connectivity index (χ1n) is 10.2. The van der Waals surface area contributed by atoms with Crippen LogP contribution in [0.3, 0.4) is 0 Å². The first kappa shape index (κ1) is 20.2. The number of nitrogens with one attached hydrogen (secondary N) is 2. The maximum absolute atomic E-state index is 12.3. The molecule has 0 bridgehead atoms. The number of aliphatic hydroxyl groups excluding tert-OH is 1. The van der Waals surface area contributed by atoms with Crippen molar-refractivity contribution >= 4 is 17.4 Å². The van der Waals surface area contributed by atoms with Crippen molar-refractivity contribution in [3.63, 3.8) is 0 Å². The van der Waals surface area contributed by atoms with Gasteiger partial charge in [0.1, 0.15) is 0 Å². The number of urea groups is 1. The van der Waals surface area contributed by atoms with E-state index >= 15 is 0 Å². The summed E-state index contributed by atoms with van der Waals surface area (Å²) in [5.41, 5.74) is 5.40. The van der Waals surface area contributed by atoms with Crippen molar-refractivity contribution in [2.24, 2.45) is 5.92 Å². The van der Waals surface area contributed by atoms with E-state index in [9.17, 15) is 9.90 Å². The van der Waals surface area contributed by atoms with Crippen LogP contribution in [0, 0.1) is 12.8 Å². The Kier molecular flexibility index (Phi) is 6.93. The zero-order valence-electron chi connectivity index (χ0n) is 16.9. The van der Waals surface area contributed by atoms with Crippen LogP contribution in [-0.2, 0) is 13.0 Å². The molecule has 0 aliphatic carbocycles. The largest absolute Gasteiger partial charge is 0.396 e. The number of nitrogens with zero attached hydrogens (tertiary/aromatic N) is 1. The third-order valence-corrected chi connectivity index (χ3v) is 5.61. The first-order valence-corrected chi connectivity index (χ1v) is 10.2. The van der Waals surface area contributed by atoms with Crippen LogP contribution >= 0.6 is 0 Å². The van der Waals surface area contributed by atoms with Gasteiger partial charge in [-0.2, -0.15) is 0 Å². The average Bonchev–Trinajstić information content (AvgIpc) is 2.74. The van der Waals surface area contributed by atoms with Crippen LogP contribution in [0.15, 0.2) is 42.5 Å². The predicted molar refractivity (Wildman–Crippen MR) is 115 cm³/mol. The monoisotopic (exact) mass is 381 g/mol. The second-order valence-corrected chi connectivity index (χ2v) is 7.55. The molecular weight excluding hydrogens is 350 g/mol. The molecule has 2 aromatic carbocycles. The minimum absolute atomic E-state index is 0.181. The molecule has 150 valence electrons. The highest BCUT2D eigenvalue weighted by atomic mass is 16.3. The number of rotatable bonds is 6. The van der Waals surface area contributed by atoms with Gasteiger partial charge in [0, 0.05) is 37.6 Å². The van der Waals surface area contributed by atoms with Crippen LogP contribution in [0.1, 0.15) is 36.5 Å². The maximum Gasteiger partial charge on any atom is 0.319 e. The molecule has 0 atom stereocenters. The average molecular weight is 382 g/mol. The smallest absolute Gasteiger partial charge is 0.319 e. The quantitative estimate of drug-likeness (QED) is 0.706. The Balaban J connectivity index is 1.52. The standard InChI is InChI=1S/C23H31N3O2/c1-3-20-6-4-5-17(2)22(20)25-23(28)24-15-18-7-9-21(10-8-18)26-13-11-19(16-27)12-14-26/h4-10,19,27H,3,11-16H2,1-2H3,(H2,24,25,28). The van der Waals surface area contributed by atoms with Gasteiger partial charge in [-0.1, -0.05) is 37.3 Å². The van der Waals surface area contributed by atoms with Gasteiger partial charge in [0.15, 0.2) is 0 Å². The Bertz CT molecular complexity index is 781. The number of carbonyl (C=O) groups is 1. The van der Waals surface area contributed by atoms with Crippen molar-refractivity contribution in [1.82, 2.24) is 5.32 Å². The van der Waals surface area contributed by atoms with Crippen molar-refractivity contribution in [1.29, 1.82) is 0 Å². The van der Waals surface area contributed by atoms with E-state index in [-0.39, 0.29) is 6.03 Å². The van der Waals surface area contributed by atoms with Crippen molar-refractivity contribution in [3.05, 3.63) is 59.2 Å². The lowest BCUT2D eigenvalue weighted by atomic mass is 9.97. The van der Waals surface area contributed by atoms with Crippen molar-refractivity contribution < 1.29 is 9.90 Å². The fourth-order valence-electron chi connectivity index (χ4n) is 3.74. The highest BCUT2D eigenvalue weighted by Gasteiger charge is 2.18. The lowest BCUT2D eigenvalue weighted by molar-refractivity contribution is 0.203. The second-order valence-electron chi connectivity index (χ2n) is 7.55. The van der Waals surface area contributed by atoms with Gasteiger partial charge < -0.3 is 20.6 Å². The molecule has 5 heteroatoms. The predicted octanol–water partition coefficient (Wildman–Crippen LogP) is 4.09. The molecule has 1 aliphatic rings. The van der Waals surface area contributed by atoms with E-state index in [1.54, 1.807) is 0 Å². The number of benzene rings is 2. The van der Waals surface area contributed by atoms with Gasteiger partial charge in [0.2, 0.25) is 0 Å². The van der Waals surface area contributed by atoms with Crippen molar-refractivity contribution in [3.8, 4) is 0 Å². The minimum atomic E-state index is -0.181. The van der Waals surface area contributed by atoms with Crippen LogP contribution in [0.2, 0.25) is 0 Å². The van der Waals surface area contributed by atoms with E-state index in [0.717, 1.165) is 54.7 Å². The number of piperidine rings is 1. The molecule has 3 rings (SSSR count). The van der Waals surface area contributed by atoms with Gasteiger partial charge >= 0.3 is 6.03 Å². The maximum atomic E-state index is 12.3. The minimum Gasteiger partial charge on any atom is -0.396 e. The lowest BCUT2D eigenvalue weighted by Gasteiger charge is -2.33. The molecule has 2 amide bonds. The Morgan fingerprint density at radius 1 is 1.14 bits per heavy atom. The fraction of sp³-hybridized carbons (Fsp3) is 0.435. The molecular formula is C23H31N3O2. The van der Waals surface area contributed by atoms with Gasteiger partial charge in [0.25, 0.3) is 0 Å². The fourth-order valence-corrected chi connectivity index (χ4v) is 3.74. The molecule has 1 fully saturated rings. The van der Waals surface area contributed by atoms with Crippen LogP contribution in [0.4, 0.5) is 16.2 Å². The lowest BCUT2D eigenvalue weighted by Crippen LogP contribution is -2.34. The molecule has 0 radical (unpaired) electrons. The van der Waals surface area contributed by atoms with Crippen molar-refractivity contribution in [2.45, 2.75) is 39.7 Å².